The Kier molecular flexibility index (Phi) is 4.51. The lowest BCUT2D eigenvalue weighted by atomic mass is 9.58. The highest BCUT2D eigenvalue weighted by Gasteiger charge is 2.55. The summed E-state index contributed by atoms with van der Waals surface area (Å²) in [5, 5.41) is 14.4. The molecule has 1 aliphatic heterocycles. The number of aliphatic hydroxyl groups excluding tert-OH is 1. The number of hydrogen-bond acceptors (Lipinski definition) is 6. The Labute approximate surface area is 138 Å². The number of ether oxygens (including phenoxy) is 1. The second kappa shape index (κ2) is 6.15. The fourth-order valence-electron chi connectivity index (χ4n) is 3.77. The van der Waals surface area contributed by atoms with Crippen LogP contribution in [0.25, 0.3) is 0 Å². The number of hydrogen-bond donors (Lipinski definition) is 1. The van der Waals surface area contributed by atoms with Gasteiger partial charge in [-0.2, -0.15) is 4.98 Å². The molecular formula is C17H29N3O3. The van der Waals surface area contributed by atoms with E-state index in [1.807, 2.05) is 6.92 Å². The number of aromatic nitrogens is 2. The van der Waals surface area contributed by atoms with Gasteiger partial charge in [0.2, 0.25) is 5.89 Å². The number of aliphatic hydroxyl groups is 1. The maximum absolute atomic E-state index is 10.3. The van der Waals surface area contributed by atoms with Crippen LogP contribution in [0.1, 0.15) is 58.7 Å². The zero-order valence-corrected chi connectivity index (χ0v) is 14.7. The molecule has 0 aromatic carbocycles. The number of piperidine rings is 1. The quantitative estimate of drug-likeness (QED) is 0.915. The van der Waals surface area contributed by atoms with Crippen LogP contribution in [-0.2, 0) is 16.7 Å². The van der Waals surface area contributed by atoms with E-state index < -0.39 is 0 Å². The molecule has 1 aromatic rings. The van der Waals surface area contributed by atoms with Crippen LogP contribution in [0.15, 0.2) is 4.52 Å². The topological polar surface area (TPSA) is 71.6 Å². The molecule has 2 unspecified atom stereocenters. The molecule has 130 valence electrons. The molecule has 0 amide bonds. The first-order valence-electron chi connectivity index (χ1n) is 8.70. The summed E-state index contributed by atoms with van der Waals surface area (Å²) in [6.07, 6.45) is 2.75. The van der Waals surface area contributed by atoms with Gasteiger partial charge in [-0.15, -0.1) is 0 Å². The molecule has 1 saturated carbocycles. The largest absolute Gasteiger partial charge is 0.392 e. The van der Waals surface area contributed by atoms with E-state index in [0.717, 1.165) is 44.8 Å². The molecule has 2 heterocycles. The van der Waals surface area contributed by atoms with Crippen LogP contribution in [0, 0.1) is 5.41 Å². The van der Waals surface area contributed by atoms with Crippen molar-refractivity contribution in [1.82, 2.24) is 15.0 Å². The molecular weight excluding hydrogens is 294 g/mol. The lowest BCUT2D eigenvalue weighted by molar-refractivity contribution is -0.210. The van der Waals surface area contributed by atoms with Crippen molar-refractivity contribution in [1.29, 1.82) is 0 Å². The van der Waals surface area contributed by atoms with E-state index in [9.17, 15) is 5.11 Å². The Balaban J connectivity index is 1.56. The summed E-state index contributed by atoms with van der Waals surface area (Å²) in [6.45, 7) is 11.6. The zero-order chi connectivity index (χ0) is 16.7. The van der Waals surface area contributed by atoms with Crippen molar-refractivity contribution in [2.24, 2.45) is 5.41 Å². The minimum Gasteiger partial charge on any atom is -0.392 e. The standard InChI is InChI=1S/C17H29N3O3/c1-5-22-13-10-12(21)17(13)6-8-20(9-7-17)11-14-18-15(23-19-14)16(2,3)4/h12-13,21H,5-11H2,1-4H3. The zero-order valence-electron chi connectivity index (χ0n) is 14.7. The molecule has 1 aromatic heterocycles. The minimum absolute atomic E-state index is 0.0274. The fraction of sp³-hybridized carbons (Fsp3) is 0.882. The average molecular weight is 323 g/mol. The van der Waals surface area contributed by atoms with Gasteiger partial charge in [-0.1, -0.05) is 25.9 Å². The van der Waals surface area contributed by atoms with Gasteiger partial charge in [0, 0.05) is 23.9 Å². The van der Waals surface area contributed by atoms with Gasteiger partial charge in [0.05, 0.1) is 18.8 Å². The molecule has 2 fully saturated rings. The van der Waals surface area contributed by atoms with Crippen LogP contribution in [0.4, 0.5) is 0 Å². The van der Waals surface area contributed by atoms with Gasteiger partial charge in [0.1, 0.15) is 0 Å². The third-order valence-corrected chi connectivity index (χ3v) is 5.37. The van der Waals surface area contributed by atoms with Crippen molar-refractivity contribution >= 4 is 0 Å². The van der Waals surface area contributed by atoms with Gasteiger partial charge in [0.15, 0.2) is 5.82 Å². The molecule has 1 N–H and O–H groups in total. The van der Waals surface area contributed by atoms with Gasteiger partial charge in [0.25, 0.3) is 0 Å². The molecule has 23 heavy (non-hydrogen) atoms. The molecule has 2 aliphatic rings. The Morgan fingerprint density at radius 2 is 2.04 bits per heavy atom. The summed E-state index contributed by atoms with van der Waals surface area (Å²) in [5.74, 6) is 1.44. The van der Waals surface area contributed by atoms with Crippen LogP contribution in [0.3, 0.4) is 0 Å². The van der Waals surface area contributed by atoms with E-state index >= 15 is 0 Å². The van der Waals surface area contributed by atoms with Gasteiger partial charge in [-0.05, 0) is 32.9 Å². The highest BCUT2D eigenvalue weighted by atomic mass is 16.5. The lowest BCUT2D eigenvalue weighted by Gasteiger charge is -2.56. The van der Waals surface area contributed by atoms with Gasteiger partial charge >= 0.3 is 0 Å². The van der Waals surface area contributed by atoms with E-state index in [4.69, 9.17) is 9.26 Å². The average Bonchev–Trinajstić information content (AvgIpc) is 2.97. The molecule has 0 bridgehead atoms. The highest BCUT2D eigenvalue weighted by Crippen LogP contribution is 2.51. The van der Waals surface area contributed by atoms with Gasteiger partial charge in [-0.3, -0.25) is 4.90 Å². The van der Waals surface area contributed by atoms with Crippen LogP contribution in [0.5, 0.6) is 0 Å². The monoisotopic (exact) mass is 323 g/mol. The summed E-state index contributed by atoms with van der Waals surface area (Å²) < 4.78 is 11.2. The molecule has 6 nitrogen and oxygen atoms in total. The predicted octanol–water partition coefficient (Wildman–Crippen LogP) is 2.12. The van der Waals surface area contributed by atoms with Crippen LogP contribution in [0.2, 0.25) is 0 Å². The van der Waals surface area contributed by atoms with Crippen LogP contribution in [-0.4, -0.2) is 52.1 Å². The van der Waals surface area contributed by atoms with Crippen molar-refractivity contribution in [3.8, 4) is 0 Å². The maximum atomic E-state index is 10.3. The molecule has 1 spiro atoms. The molecule has 0 radical (unpaired) electrons. The fourth-order valence-corrected chi connectivity index (χ4v) is 3.77. The van der Waals surface area contributed by atoms with Crippen molar-refractivity contribution in [3.63, 3.8) is 0 Å². The van der Waals surface area contributed by atoms with E-state index in [1.165, 1.54) is 0 Å². The summed E-state index contributed by atoms with van der Waals surface area (Å²) >= 11 is 0. The van der Waals surface area contributed by atoms with E-state index in [1.54, 1.807) is 0 Å². The SMILES string of the molecule is CCOC1CC(O)C12CCN(Cc1noc(C(C)(C)C)n1)CC2. The predicted molar refractivity (Wildman–Crippen MR) is 86.0 cm³/mol. The first kappa shape index (κ1) is 16.9. The molecule has 1 saturated heterocycles. The maximum Gasteiger partial charge on any atom is 0.232 e. The van der Waals surface area contributed by atoms with E-state index in [0.29, 0.717) is 12.4 Å². The third kappa shape index (κ3) is 3.16. The van der Waals surface area contributed by atoms with Crippen LogP contribution >= 0.6 is 0 Å². The summed E-state index contributed by atoms with van der Waals surface area (Å²) in [7, 11) is 0. The summed E-state index contributed by atoms with van der Waals surface area (Å²) in [6, 6.07) is 0. The van der Waals surface area contributed by atoms with Crippen LogP contribution < -0.4 is 0 Å². The Bertz CT molecular complexity index is 527. The first-order valence-corrected chi connectivity index (χ1v) is 8.70. The third-order valence-electron chi connectivity index (χ3n) is 5.37. The normalized spacial score (nSPS) is 28.0. The van der Waals surface area contributed by atoms with E-state index in [-0.39, 0.29) is 23.0 Å². The first-order chi connectivity index (χ1) is 10.8. The smallest absolute Gasteiger partial charge is 0.232 e. The highest BCUT2D eigenvalue weighted by molar-refractivity contribution is 5.07. The minimum atomic E-state index is -0.209. The number of rotatable bonds is 4. The van der Waals surface area contributed by atoms with Gasteiger partial charge in [-0.25, -0.2) is 0 Å². The molecule has 3 rings (SSSR count). The second-order valence-electron chi connectivity index (χ2n) is 7.97. The molecule has 1 aliphatic carbocycles. The molecule has 2 atom stereocenters. The van der Waals surface area contributed by atoms with Gasteiger partial charge < -0.3 is 14.4 Å². The lowest BCUT2D eigenvalue weighted by Crippen LogP contribution is -2.62. The Hall–Kier alpha value is -0.980. The van der Waals surface area contributed by atoms with Crippen molar-refractivity contribution in [2.45, 2.75) is 71.1 Å². The van der Waals surface area contributed by atoms with E-state index in [2.05, 4.69) is 35.8 Å². The second-order valence-corrected chi connectivity index (χ2v) is 7.97. The number of likely N-dealkylation sites (tertiary alicyclic amines) is 1. The Morgan fingerprint density at radius 1 is 1.35 bits per heavy atom. The van der Waals surface area contributed by atoms with Crippen molar-refractivity contribution in [3.05, 3.63) is 11.7 Å². The summed E-state index contributed by atoms with van der Waals surface area (Å²) in [5.41, 5.74) is -0.141. The van der Waals surface area contributed by atoms with Crippen molar-refractivity contribution < 1.29 is 14.4 Å². The summed E-state index contributed by atoms with van der Waals surface area (Å²) in [4.78, 5) is 6.86. The number of nitrogens with zero attached hydrogens (tertiary/aromatic N) is 3. The van der Waals surface area contributed by atoms with Crippen molar-refractivity contribution in [2.75, 3.05) is 19.7 Å². The molecule has 6 heteroatoms. The Morgan fingerprint density at radius 3 is 2.57 bits per heavy atom.